The summed E-state index contributed by atoms with van der Waals surface area (Å²) in [4.78, 5) is 14.0. The molecule has 3 N–H and O–H groups in total. The van der Waals surface area contributed by atoms with Gasteiger partial charge in [-0.15, -0.1) is 0 Å². The highest BCUT2D eigenvalue weighted by Crippen LogP contribution is 2.14. The second-order valence-electron chi connectivity index (χ2n) is 5.71. The zero-order chi connectivity index (χ0) is 14.3. The molecule has 0 bridgehead atoms. The number of ether oxygens (including phenoxy) is 1. The summed E-state index contributed by atoms with van der Waals surface area (Å²) in [5, 5.41) is 3.27. The molecule has 0 aliphatic carbocycles. The first-order valence-electron chi connectivity index (χ1n) is 7.37. The number of carbonyl (C=O) groups is 1. The molecule has 0 aromatic carbocycles. The molecular formula is C14H29N3O2. The molecule has 1 fully saturated rings. The summed E-state index contributed by atoms with van der Waals surface area (Å²) in [7, 11) is 0. The first kappa shape index (κ1) is 16.4. The van der Waals surface area contributed by atoms with Crippen molar-refractivity contribution in [2.24, 2.45) is 5.73 Å². The Labute approximate surface area is 116 Å². The van der Waals surface area contributed by atoms with Crippen molar-refractivity contribution in [1.29, 1.82) is 0 Å². The number of hydrogen-bond donors (Lipinski definition) is 2. The SMILES string of the molecule is CCCNC(C)(CCCN1CCOC(C)C1)C(N)=O. The second kappa shape index (κ2) is 7.82. The van der Waals surface area contributed by atoms with Crippen molar-refractivity contribution in [2.45, 2.75) is 51.7 Å². The lowest BCUT2D eigenvalue weighted by atomic mass is 9.94. The Bertz CT molecular complexity index is 286. The third kappa shape index (κ3) is 5.47. The number of rotatable bonds is 8. The second-order valence-corrected chi connectivity index (χ2v) is 5.71. The van der Waals surface area contributed by atoms with Gasteiger partial charge in [-0.3, -0.25) is 9.69 Å². The van der Waals surface area contributed by atoms with Crippen LogP contribution in [0, 0.1) is 0 Å². The van der Waals surface area contributed by atoms with Gasteiger partial charge in [0.2, 0.25) is 5.91 Å². The van der Waals surface area contributed by atoms with Crippen molar-refractivity contribution < 1.29 is 9.53 Å². The highest BCUT2D eigenvalue weighted by molar-refractivity contribution is 5.84. The molecule has 0 radical (unpaired) electrons. The maximum atomic E-state index is 11.6. The average Bonchev–Trinajstić information content (AvgIpc) is 2.36. The number of carbonyl (C=O) groups excluding carboxylic acids is 1. The molecule has 0 spiro atoms. The molecule has 1 aliphatic rings. The van der Waals surface area contributed by atoms with Gasteiger partial charge in [0, 0.05) is 13.1 Å². The maximum absolute atomic E-state index is 11.6. The quantitative estimate of drug-likeness (QED) is 0.683. The highest BCUT2D eigenvalue weighted by Gasteiger charge is 2.29. The number of nitrogens with one attached hydrogen (secondary N) is 1. The van der Waals surface area contributed by atoms with Crippen LogP contribution in [-0.4, -0.2) is 55.2 Å². The Kier molecular flexibility index (Phi) is 6.75. The van der Waals surface area contributed by atoms with Crippen LogP contribution in [-0.2, 0) is 9.53 Å². The number of nitrogens with two attached hydrogens (primary N) is 1. The standard InChI is InChI=1S/C14H29N3O2/c1-4-7-16-14(3,13(15)18)6-5-8-17-9-10-19-12(2)11-17/h12,16H,4-11H2,1-3H3,(H2,15,18). The fourth-order valence-electron chi connectivity index (χ4n) is 2.45. The van der Waals surface area contributed by atoms with Crippen molar-refractivity contribution in [3.63, 3.8) is 0 Å². The molecule has 1 heterocycles. The predicted octanol–water partition coefficient (Wildman–Crippen LogP) is 0.731. The number of hydrogen-bond acceptors (Lipinski definition) is 4. The Morgan fingerprint density at radius 2 is 2.32 bits per heavy atom. The lowest BCUT2D eigenvalue weighted by Crippen LogP contribution is -2.53. The van der Waals surface area contributed by atoms with E-state index in [4.69, 9.17) is 10.5 Å². The Hall–Kier alpha value is -0.650. The van der Waals surface area contributed by atoms with Crippen LogP contribution in [0.5, 0.6) is 0 Å². The minimum atomic E-state index is -0.575. The van der Waals surface area contributed by atoms with E-state index in [2.05, 4.69) is 24.1 Å². The highest BCUT2D eigenvalue weighted by atomic mass is 16.5. The molecule has 2 unspecified atom stereocenters. The maximum Gasteiger partial charge on any atom is 0.237 e. The van der Waals surface area contributed by atoms with Crippen LogP contribution in [0.3, 0.4) is 0 Å². The number of primary amides is 1. The van der Waals surface area contributed by atoms with Crippen LogP contribution < -0.4 is 11.1 Å². The van der Waals surface area contributed by atoms with Crippen LogP contribution in [0.1, 0.15) is 40.0 Å². The molecule has 0 aromatic heterocycles. The van der Waals surface area contributed by atoms with Crippen molar-refractivity contribution in [1.82, 2.24) is 10.2 Å². The largest absolute Gasteiger partial charge is 0.376 e. The summed E-state index contributed by atoms with van der Waals surface area (Å²) in [6.07, 6.45) is 3.08. The van der Waals surface area contributed by atoms with Gasteiger partial charge in [-0.1, -0.05) is 6.92 Å². The molecule has 1 aliphatic heterocycles. The lowest BCUT2D eigenvalue weighted by molar-refractivity contribution is -0.124. The van der Waals surface area contributed by atoms with E-state index in [1.165, 1.54) is 0 Å². The number of amides is 1. The van der Waals surface area contributed by atoms with Gasteiger partial charge in [0.15, 0.2) is 0 Å². The van der Waals surface area contributed by atoms with Gasteiger partial charge in [0.1, 0.15) is 0 Å². The van der Waals surface area contributed by atoms with E-state index in [1.54, 1.807) is 0 Å². The Morgan fingerprint density at radius 1 is 1.58 bits per heavy atom. The third-order valence-electron chi connectivity index (χ3n) is 3.79. The van der Waals surface area contributed by atoms with Gasteiger partial charge < -0.3 is 15.8 Å². The molecule has 19 heavy (non-hydrogen) atoms. The van der Waals surface area contributed by atoms with Gasteiger partial charge in [0.05, 0.1) is 18.2 Å². The molecule has 1 amide bonds. The van der Waals surface area contributed by atoms with E-state index < -0.39 is 5.54 Å². The van der Waals surface area contributed by atoms with E-state index in [9.17, 15) is 4.79 Å². The molecule has 112 valence electrons. The summed E-state index contributed by atoms with van der Waals surface area (Å²) in [5.41, 5.74) is 4.94. The number of morpholine rings is 1. The van der Waals surface area contributed by atoms with Gasteiger partial charge in [-0.25, -0.2) is 0 Å². The molecule has 5 nitrogen and oxygen atoms in total. The topological polar surface area (TPSA) is 67.6 Å². The van der Waals surface area contributed by atoms with E-state index in [0.29, 0.717) is 6.10 Å². The molecule has 2 atom stereocenters. The van der Waals surface area contributed by atoms with Crippen LogP contribution in [0.4, 0.5) is 0 Å². The fourth-order valence-corrected chi connectivity index (χ4v) is 2.45. The van der Waals surface area contributed by atoms with Gasteiger partial charge in [-0.2, -0.15) is 0 Å². The summed E-state index contributed by atoms with van der Waals surface area (Å²) >= 11 is 0. The lowest BCUT2D eigenvalue weighted by Gasteiger charge is -2.33. The first-order chi connectivity index (χ1) is 8.98. The van der Waals surface area contributed by atoms with Gasteiger partial charge in [0.25, 0.3) is 0 Å². The molecule has 1 rings (SSSR count). The molecule has 5 heteroatoms. The van der Waals surface area contributed by atoms with Crippen molar-refractivity contribution >= 4 is 5.91 Å². The van der Waals surface area contributed by atoms with Crippen molar-refractivity contribution in [3.8, 4) is 0 Å². The summed E-state index contributed by atoms with van der Waals surface area (Å²) < 4.78 is 5.52. The van der Waals surface area contributed by atoms with E-state index in [0.717, 1.165) is 52.0 Å². The normalized spacial score (nSPS) is 24.1. The minimum absolute atomic E-state index is 0.253. The number of nitrogens with zero attached hydrogens (tertiary/aromatic N) is 1. The van der Waals surface area contributed by atoms with E-state index in [-0.39, 0.29) is 5.91 Å². The van der Waals surface area contributed by atoms with Crippen LogP contribution in [0.25, 0.3) is 0 Å². The van der Waals surface area contributed by atoms with E-state index >= 15 is 0 Å². The van der Waals surface area contributed by atoms with Gasteiger partial charge >= 0.3 is 0 Å². The third-order valence-corrected chi connectivity index (χ3v) is 3.79. The summed E-state index contributed by atoms with van der Waals surface area (Å²) in [6.45, 7) is 10.7. The van der Waals surface area contributed by atoms with Gasteiger partial charge in [-0.05, 0) is 46.2 Å². The zero-order valence-electron chi connectivity index (χ0n) is 12.6. The van der Waals surface area contributed by atoms with Crippen LogP contribution >= 0.6 is 0 Å². The molecule has 0 saturated carbocycles. The smallest absolute Gasteiger partial charge is 0.237 e. The average molecular weight is 271 g/mol. The van der Waals surface area contributed by atoms with Crippen LogP contribution in [0.15, 0.2) is 0 Å². The molecule has 1 saturated heterocycles. The van der Waals surface area contributed by atoms with Crippen LogP contribution in [0.2, 0.25) is 0 Å². The molecule has 0 aromatic rings. The summed E-state index contributed by atoms with van der Waals surface area (Å²) in [6, 6.07) is 0. The Balaban J connectivity index is 2.33. The fraction of sp³-hybridized carbons (Fsp3) is 0.929. The Morgan fingerprint density at radius 3 is 2.89 bits per heavy atom. The van der Waals surface area contributed by atoms with Crippen molar-refractivity contribution in [2.75, 3.05) is 32.8 Å². The molecular weight excluding hydrogens is 242 g/mol. The minimum Gasteiger partial charge on any atom is -0.376 e. The first-order valence-corrected chi connectivity index (χ1v) is 7.37. The predicted molar refractivity (Wildman–Crippen MR) is 77.0 cm³/mol. The monoisotopic (exact) mass is 271 g/mol. The zero-order valence-corrected chi connectivity index (χ0v) is 12.6. The van der Waals surface area contributed by atoms with Crippen molar-refractivity contribution in [3.05, 3.63) is 0 Å². The van der Waals surface area contributed by atoms with E-state index in [1.807, 2.05) is 6.92 Å². The summed E-state index contributed by atoms with van der Waals surface area (Å²) in [5.74, 6) is -0.253.